The number of anilines is 1. The fourth-order valence-electron chi connectivity index (χ4n) is 3.98. The van der Waals surface area contributed by atoms with Crippen LogP contribution in [0.5, 0.6) is 0 Å². The highest BCUT2D eigenvalue weighted by atomic mass is 32.2. The molecule has 0 bridgehead atoms. The van der Waals surface area contributed by atoms with E-state index in [4.69, 9.17) is 0 Å². The van der Waals surface area contributed by atoms with E-state index in [0.29, 0.717) is 19.4 Å². The smallest absolute Gasteiger partial charge is 0.231 e. The quantitative estimate of drug-likeness (QED) is 0.813. The number of carbonyl (C=O) groups excluding carboxylic acids is 1. The highest BCUT2D eigenvalue weighted by molar-refractivity contribution is 7.89. The van der Waals surface area contributed by atoms with Crippen LogP contribution in [0.2, 0.25) is 0 Å². The summed E-state index contributed by atoms with van der Waals surface area (Å²) < 4.78 is 27.8. The van der Waals surface area contributed by atoms with Crippen LogP contribution < -0.4 is 15.8 Å². The van der Waals surface area contributed by atoms with Gasteiger partial charge in [-0.15, -0.1) is 0 Å². The molecule has 26 heavy (non-hydrogen) atoms. The Bertz CT molecular complexity index is 730. The molecule has 144 valence electrons. The molecule has 7 nitrogen and oxygen atoms in total. The molecule has 0 spiro atoms. The topological polar surface area (TPSA) is 81.7 Å². The zero-order valence-electron chi connectivity index (χ0n) is 15.6. The Labute approximate surface area is 155 Å². The van der Waals surface area contributed by atoms with Crippen molar-refractivity contribution in [2.45, 2.75) is 44.0 Å². The first-order valence-electron chi connectivity index (χ1n) is 9.15. The molecule has 2 saturated heterocycles. The molecule has 0 saturated carbocycles. The van der Waals surface area contributed by atoms with Crippen molar-refractivity contribution in [2.24, 2.45) is 5.92 Å². The Kier molecular flexibility index (Phi) is 5.67. The third-order valence-corrected chi connectivity index (χ3v) is 7.99. The van der Waals surface area contributed by atoms with Gasteiger partial charge in [0, 0.05) is 37.9 Å². The molecule has 8 heteroatoms. The summed E-state index contributed by atoms with van der Waals surface area (Å²) >= 11 is 0. The first kappa shape index (κ1) is 19.3. The lowest BCUT2D eigenvalue weighted by Crippen LogP contribution is -2.52. The molecule has 0 aromatic heterocycles. The van der Waals surface area contributed by atoms with Gasteiger partial charge in [0.15, 0.2) is 0 Å². The molecule has 1 aromatic rings. The number of benzene rings is 1. The highest BCUT2D eigenvalue weighted by Gasteiger charge is 2.45. The average Bonchev–Trinajstić information content (AvgIpc) is 3.00. The standard InChI is InChI=1S/C18H28N4O3S/c1-13-17(14(2)20-19-13)26(24,25)22-11-7-8-15(12-22)18(23)21(3)16-9-5-4-6-10-16/h4-6,9-10,13-15,17,19-20H,7-8,11-12H2,1-3H3. The molecule has 3 atom stereocenters. The van der Waals surface area contributed by atoms with E-state index >= 15 is 0 Å². The van der Waals surface area contributed by atoms with Crippen molar-refractivity contribution in [2.75, 3.05) is 25.0 Å². The number of hydrogen-bond acceptors (Lipinski definition) is 5. The predicted molar refractivity (Wildman–Crippen MR) is 102 cm³/mol. The lowest BCUT2D eigenvalue weighted by Gasteiger charge is -2.35. The van der Waals surface area contributed by atoms with Gasteiger partial charge in [-0.2, -0.15) is 0 Å². The van der Waals surface area contributed by atoms with Gasteiger partial charge in [-0.05, 0) is 38.8 Å². The third-order valence-electron chi connectivity index (χ3n) is 5.44. The summed E-state index contributed by atoms with van der Waals surface area (Å²) in [6.45, 7) is 4.48. The summed E-state index contributed by atoms with van der Waals surface area (Å²) in [6.07, 6.45) is 1.42. The van der Waals surface area contributed by atoms with Crippen molar-refractivity contribution in [3.8, 4) is 0 Å². The summed E-state index contributed by atoms with van der Waals surface area (Å²) in [7, 11) is -1.73. The van der Waals surface area contributed by atoms with E-state index < -0.39 is 15.3 Å². The van der Waals surface area contributed by atoms with Crippen LogP contribution in [0.25, 0.3) is 0 Å². The van der Waals surface area contributed by atoms with E-state index in [1.54, 1.807) is 11.9 Å². The Balaban J connectivity index is 1.74. The van der Waals surface area contributed by atoms with Gasteiger partial charge < -0.3 is 4.90 Å². The van der Waals surface area contributed by atoms with Crippen LogP contribution >= 0.6 is 0 Å². The number of rotatable bonds is 4. The second-order valence-corrected chi connectivity index (χ2v) is 9.40. The molecule has 2 N–H and O–H groups in total. The van der Waals surface area contributed by atoms with Gasteiger partial charge in [0.1, 0.15) is 5.25 Å². The Morgan fingerprint density at radius 2 is 1.77 bits per heavy atom. The average molecular weight is 381 g/mol. The van der Waals surface area contributed by atoms with Crippen molar-refractivity contribution in [1.82, 2.24) is 15.2 Å². The highest BCUT2D eigenvalue weighted by Crippen LogP contribution is 2.27. The fraction of sp³-hybridized carbons (Fsp3) is 0.611. The number of hydrazine groups is 1. The number of amides is 1. The Morgan fingerprint density at radius 1 is 1.15 bits per heavy atom. The van der Waals surface area contributed by atoms with E-state index in [9.17, 15) is 13.2 Å². The molecule has 2 aliphatic rings. The SMILES string of the molecule is CC1NNC(C)C1S(=O)(=O)N1CCCC(C(=O)N(C)c2ccccc2)C1. The largest absolute Gasteiger partial charge is 0.315 e. The molecular formula is C18H28N4O3S. The molecule has 2 heterocycles. The Hall–Kier alpha value is -1.48. The fourth-order valence-corrected chi connectivity index (χ4v) is 6.26. The second kappa shape index (κ2) is 7.64. The summed E-state index contributed by atoms with van der Waals surface area (Å²) in [6, 6.07) is 9.11. The normalized spacial score (nSPS) is 30.3. The van der Waals surface area contributed by atoms with E-state index in [2.05, 4.69) is 10.9 Å². The third kappa shape index (κ3) is 3.64. The molecule has 1 amide bonds. The van der Waals surface area contributed by atoms with E-state index in [-0.39, 0.29) is 30.5 Å². The van der Waals surface area contributed by atoms with Gasteiger partial charge in [0.05, 0.1) is 5.92 Å². The number of carbonyl (C=O) groups is 1. The number of nitrogens with zero attached hydrogens (tertiary/aromatic N) is 2. The maximum Gasteiger partial charge on any atom is 0.231 e. The second-order valence-electron chi connectivity index (χ2n) is 7.31. The van der Waals surface area contributed by atoms with Crippen LogP contribution in [-0.4, -0.2) is 56.1 Å². The number of hydrogen-bond donors (Lipinski definition) is 2. The monoisotopic (exact) mass is 380 g/mol. The lowest BCUT2D eigenvalue weighted by molar-refractivity contribution is -0.123. The van der Waals surface area contributed by atoms with Crippen molar-refractivity contribution in [3.63, 3.8) is 0 Å². The first-order valence-corrected chi connectivity index (χ1v) is 10.7. The molecule has 0 aliphatic carbocycles. The van der Waals surface area contributed by atoms with Crippen LogP contribution in [0.4, 0.5) is 5.69 Å². The minimum atomic E-state index is -3.48. The minimum Gasteiger partial charge on any atom is -0.315 e. The molecule has 0 radical (unpaired) electrons. The summed E-state index contributed by atoms with van der Waals surface area (Å²) in [5, 5.41) is -0.525. The number of para-hydroxylation sites is 1. The van der Waals surface area contributed by atoms with Gasteiger partial charge in [-0.1, -0.05) is 18.2 Å². The van der Waals surface area contributed by atoms with Crippen LogP contribution in [0.15, 0.2) is 30.3 Å². The molecular weight excluding hydrogens is 352 g/mol. The molecule has 2 fully saturated rings. The van der Waals surface area contributed by atoms with E-state index in [1.165, 1.54) is 4.31 Å². The summed E-state index contributed by atoms with van der Waals surface area (Å²) in [5.74, 6) is -0.337. The maximum absolute atomic E-state index is 13.1. The number of sulfonamides is 1. The van der Waals surface area contributed by atoms with Gasteiger partial charge in [-0.25, -0.2) is 12.7 Å². The van der Waals surface area contributed by atoms with Crippen LogP contribution in [0.1, 0.15) is 26.7 Å². The number of nitrogens with one attached hydrogen (secondary N) is 2. The van der Waals surface area contributed by atoms with Crippen LogP contribution in [0, 0.1) is 5.92 Å². The molecule has 1 aromatic carbocycles. The van der Waals surface area contributed by atoms with Crippen molar-refractivity contribution >= 4 is 21.6 Å². The zero-order valence-corrected chi connectivity index (χ0v) is 16.4. The maximum atomic E-state index is 13.1. The minimum absolute atomic E-state index is 0.0279. The first-order chi connectivity index (χ1) is 12.3. The van der Waals surface area contributed by atoms with Gasteiger partial charge in [0.25, 0.3) is 0 Å². The Morgan fingerprint density at radius 3 is 2.38 bits per heavy atom. The zero-order chi connectivity index (χ0) is 18.9. The predicted octanol–water partition coefficient (Wildman–Crippen LogP) is 0.945. The van der Waals surface area contributed by atoms with E-state index in [0.717, 1.165) is 5.69 Å². The van der Waals surface area contributed by atoms with Crippen LogP contribution in [-0.2, 0) is 14.8 Å². The van der Waals surface area contributed by atoms with Gasteiger partial charge >= 0.3 is 0 Å². The summed E-state index contributed by atoms with van der Waals surface area (Å²) in [5.41, 5.74) is 6.84. The molecule has 3 unspecified atom stereocenters. The van der Waals surface area contributed by atoms with Crippen molar-refractivity contribution in [3.05, 3.63) is 30.3 Å². The lowest BCUT2D eigenvalue weighted by atomic mass is 9.98. The summed E-state index contributed by atoms with van der Waals surface area (Å²) in [4.78, 5) is 14.5. The number of piperidine rings is 1. The molecule has 3 rings (SSSR count). The van der Waals surface area contributed by atoms with Crippen LogP contribution in [0.3, 0.4) is 0 Å². The van der Waals surface area contributed by atoms with Crippen molar-refractivity contribution in [1.29, 1.82) is 0 Å². The van der Waals surface area contributed by atoms with E-state index in [1.807, 2.05) is 44.2 Å². The van der Waals surface area contributed by atoms with Gasteiger partial charge in [0.2, 0.25) is 15.9 Å². The van der Waals surface area contributed by atoms with Crippen molar-refractivity contribution < 1.29 is 13.2 Å². The van der Waals surface area contributed by atoms with Gasteiger partial charge in [-0.3, -0.25) is 15.6 Å². The molecule has 2 aliphatic heterocycles.